The van der Waals surface area contributed by atoms with E-state index in [-0.39, 0.29) is 34.1 Å². The number of nitrogens with one attached hydrogen (secondary N) is 1. The van der Waals surface area contributed by atoms with Crippen molar-refractivity contribution < 1.29 is 13.2 Å². The summed E-state index contributed by atoms with van der Waals surface area (Å²) in [5.41, 5.74) is 1.64. The van der Waals surface area contributed by atoms with Crippen LogP contribution in [0.4, 0.5) is 0 Å². The molecule has 3 rings (SSSR count). The van der Waals surface area contributed by atoms with E-state index in [9.17, 15) is 13.2 Å². The zero-order chi connectivity index (χ0) is 23.3. The van der Waals surface area contributed by atoms with Crippen LogP contribution in [0.2, 0.25) is 10.0 Å². The number of carbonyl (C=O) groups is 1. The number of hydrogen-bond donors (Lipinski definition) is 1. The number of rotatable bonds is 8. The maximum absolute atomic E-state index is 13.4. The van der Waals surface area contributed by atoms with Gasteiger partial charge in [0.2, 0.25) is 15.9 Å². The van der Waals surface area contributed by atoms with Gasteiger partial charge in [0.15, 0.2) is 0 Å². The summed E-state index contributed by atoms with van der Waals surface area (Å²) in [5, 5.41) is 3.14. The highest BCUT2D eigenvalue weighted by Crippen LogP contribution is 2.28. The van der Waals surface area contributed by atoms with Gasteiger partial charge in [-0.2, -0.15) is 4.31 Å². The summed E-state index contributed by atoms with van der Waals surface area (Å²) in [7, 11) is -4.10. The molecule has 1 atom stereocenters. The molecule has 168 valence electrons. The molecule has 1 unspecified atom stereocenters. The molecular weight excluding hydrogens is 535 g/mol. The van der Waals surface area contributed by atoms with Crippen LogP contribution in [0.3, 0.4) is 0 Å². The van der Waals surface area contributed by atoms with Gasteiger partial charge in [0, 0.05) is 16.0 Å². The molecule has 1 amide bonds. The van der Waals surface area contributed by atoms with Gasteiger partial charge >= 0.3 is 0 Å². The number of nitrogens with zero attached hydrogens (tertiary/aromatic N) is 1. The molecule has 0 saturated heterocycles. The summed E-state index contributed by atoms with van der Waals surface area (Å²) in [6, 6.07) is 20.5. The van der Waals surface area contributed by atoms with Gasteiger partial charge < -0.3 is 5.32 Å². The number of halogens is 3. The fourth-order valence-corrected chi connectivity index (χ4v) is 5.49. The van der Waals surface area contributed by atoms with Crippen LogP contribution in [0.1, 0.15) is 24.1 Å². The van der Waals surface area contributed by atoms with Crippen LogP contribution in [0.15, 0.2) is 82.2 Å². The maximum atomic E-state index is 13.4. The third-order valence-corrected chi connectivity index (χ3v) is 7.82. The fraction of sp³-hybridized carbons (Fsp3) is 0.174. The molecule has 0 aliphatic rings. The predicted octanol–water partition coefficient (Wildman–Crippen LogP) is 5.82. The highest BCUT2D eigenvalue weighted by atomic mass is 79.9. The Balaban J connectivity index is 1.86. The Morgan fingerprint density at radius 2 is 1.69 bits per heavy atom. The van der Waals surface area contributed by atoms with E-state index in [1.807, 2.05) is 49.4 Å². The lowest BCUT2D eigenvalue weighted by atomic mass is 10.1. The largest absolute Gasteiger partial charge is 0.348 e. The maximum Gasteiger partial charge on any atom is 0.245 e. The van der Waals surface area contributed by atoms with Gasteiger partial charge in [-0.15, -0.1) is 0 Å². The van der Waals surface area contributed by atoms with Crippen molar-refractivity contribution in [2.75, 3.05) is 6.54 Å². The van der Waals surface area contributed by atoms with E-state index in [4.69, 9.17) is 23.2 Å². The van der Waals surface area contributed by atoms with Crippen molar-refractivity contribution in [2.45, 2.75) is 24.4 Å². The molecule has 9 heteroatoms. The van der Waals surface area contributed by atoms with E-state index in [1.54, 1.807) is 12.1 Å². The van der Waals surface area contributed by atoms with Crippen LogP contribution in [0.5, 0.6) is 0 Å². The van der Waals surface area contributed by atoms with E-state index in [1.165, 1.54) is 18.2 Å². The molecule has 0 bridgehead atoms. The Labute approximate surface area is 206 Å². The number of benzene rings is 3. The lowest BCUT2D eigenvalue weighted by Gasteiger charge is -2.24. The zero-order valence-electron chi connectivity index (χ0n) is 17.1. The van der Waals surface area contributed by atoms with Crippen LogP contribution < -0.4 is 5.32 Å². The average molecular weight is 556 g/mol. The Morgan fingerprint density at radius 1 is 1.03 bits per heavy atom. The van der Waals surface area contributed by atoms with Crippen LogP contribution >= 0.6 is 39.1 Å². The second kappa shape index (κ2) is 10.8. The van der Waals surface area contributed by atoms with Gasteiger partial charge in [-0.25, -0.2) is 8.42 Å². The van der Waals surface area contributed by atoms with Gasteiger partial charge in [-0.3, -0.25) is 4.79 Å². The van der Waals surface area contributed by atoms with Gasteiger partial charge in [-0.05, 0) is 48.4 Å². The molecular formula is C23H21BrCl2N2O3S. The third-order valence-electron chi connectivity index (χ3n) is 4.78. The zero-order valence-corrected chi connectivity index (χ0v) is 21.0. The van der Waals surface area contributed by atoms with E-state index in [0.717, 1.165) is 19.9 Å². The number of amides is 1. The summed E-state index contributed by atoms with van der Waals surface area (Å²) < 4.78 is 28.9. The molecule has 0 aliphatic heterocycles. The average Bonchev–Trinajstić information content (AvgIpc) is 2.76. The molecule has 32 heavy (non-hydrogen) atoms. The first kappa shape index (κ1) is 24.7. The predicted molar refractivity (Wildman–Crippen MR) is 131 cm³/mol. The number of sulfonamides is 1. The minimum Gasteiger partial charge on any atom is -0.348 e. The van der Waals surface area contributed by atoms with Crippen molar-refractivity contribution in [1.82, 2.24) is 9.62 Å². The molecule has 5 nitrogen and oxygen atoms in total. The van der Waals surface area contributed by atoms with E-state index in [0.29, 0.717) is 0 Å². The molecule has 0 fully saturated rings. The molecule has 0 aliphatic carbocycles. The summed E-state index contributed by atoms with van der Waals surface area (Å²) in [6.07, 6.45) is 0. The second-order valence-corrected chi connectivity index (χ2v) is 10.8. The Bertz CT molecular complexity index is 1190. The van der Waals surface area contributed by atoms with Crippen molar-refractivity contribution in [1.29, 1.82) is 0 Å². The summed E-state index contributed by atoms with van der Waals surface area (Å²) in [4.78, 5) is 12.7. The Kier molecular flexibility index (Phi) is 8.36. The second-order valence-electron chi connectivity index (χ2n) is 7.17. The molecule has 0 aromatic heterocycles. The van der Waals surface area contributed by atoms with Gasteiger partial charge in [0.25, 0.3) is 0 Å². The molecule has 0 saturated carbocycles. The van der Waals surface area contributed by atoms with E-state index < -0.39 is 15.9 Å². The molecule has 0 heterocycles. The minimum atomic E-state index is -4.10. The van der Waals surface area contributed by atoms with Crippen LogP contribution in [0.25, 0.3) is 0 Å². The summed E-state index contributed by atoms with van der Waals surface area (Å²) >= 11 is 15.6. The van der Waals surface area contributed by atoms with E-state index >= 15 is 0 Å². The van der Waals surface area contributed by atoms with Crippen LogP contribution in [-0.2, 0) is 21.4 Å². The highest BCUT2D eigenvalue weighted by molar-refractivity contribution is 9.10. The quantitative estimate of drug-likeness (QED) is 0.380. The Morgan fingerprint density at radius 3 is 2.34 bits per heavy atom. The van der Waals surface area contributed by atoms with Gasteiger partial charge in [0.05, 0.1) is 17.6 Å². The topological polar surface area (TPSA) is 66.5 Å². The van der Waals surface area contributed by atoms with Crippen molar-refractivity contribution >= 4 is 55.1 Å². The molecule has 0 spiro atoms. The lowest BCUT2D eigenvalue weighted by molar-refractivity contribution is -0.122. The van der Waals surface area contributed by atoms with Gasteiger partial charge in [0.1, 0.15) is 4.90 Å². The first-order valence-corrected chi connectivity index (χ1v) is 12.7. The summed E-state index contributed by atoms with van der Waals surface area (Å²) in [5.74, 6) is -0.432. The standard InChI is InChI=1S/C23H21BrCl2N2O3S/c1-16(18-7-9-19(24)10-8-18)27-23(29)15-28(14-17-5-3-2-4-6-17)32(30,31)22-13-20(25)11-12-21(22)26/h2-13,16H,14-15H2,1H3,(H,27,29). The summed E-state index contributed by atoms with van der Waals surface area (Å²) in [6.45, 7) is 1.47. The van der Waals surface area contributed by atoms with Crippen LogP contribution in [0, 0.1) is 0 Å². The van der Waals surface area contributed by atoms with Crippen molar-refractivity contribution in [3.63, 3.8) is 0 Å². The number of carbonyl (C=O) groups excluding carboxylic acids is 1. The first-order valence-electron chi connectivity index (χ1n) is 9.71. The first-order chi connectivity index (χ1) is 15.2. The molecule has 0 radical (unpaired) electrons. The monoisotopic (exact) mass is 554 g/mol. The normalized spacial score (nSPS) is 12.5. The van der Waals surface area contributed by atoms with Gasteiger partial charge in [-0.1, -0.05) is 81.6 Å². The van der Waals surface area contributed by atoms with Crippen LogP contribution in [-0.4, -0.2) is 25.2 Å². The van der Waals surface area contributed by atoms with Crippen molar-refractivity contribution in [3.8, 4) is 0 Å². The molecule has 1 N–H and O–H groups in total. The molecule has 3 aromatic carbocycles. The minimum absolute atomic E-state index is 0.00605. The fourth-order valence-electron chi connectivity index (χ4n) is 3.11. The van der Waals surface area contributed by atoms with Crippen molar-refractivity contribution in [2.24, 2.45) is 0 Å². The SMILES string of the molecule is CC(NC(=O)CN(Cc1ccccc1)S(=O)(=O)c1cc(Cl)ccc1Cl)c1ccc(Br)cc1. The van der Waals surface area contributed by atoms with E-state index in [2.05, 4.69) is 21.2 Å². The van der Waals surface area contributed by atoms with Crippen molar-refractivity contribution in [3.05, 3.63) is 98.4 Å². The smallest absolute Gasteiger partial charge is 0.245 e. The lowest BCUT2D eigenvalue weighted by Crippen LogP contribution is -2.41. The third kappa shape index (κ3) is 6.33. The molecule has 3 aromatic rings. The number of hydrogen-bond acceptors (Lipinski definition) is 3. The highest BCUT2D eigenvalue weighted by Gasteiger charge is 2.29. The Hall–Kier alpha value is -1.90.